The third-order valence-corrected chi connectivity index (χ3v) is 6.61. The lowest BCUT2D eigenvalue weighted by atomic mass is 9.97. The van der Waals surface area contributed by atoms with Crippen LogP contribution in [0.4, 0.5) is 4.79 Å². The Labute approximate surface area is 159 Å². The van der Waals surface area contributed by atoms with Gasteiger partial charge in [0.2, 0.25) is 0 Å². The Balaban J connectivity index is 1.59. The number of hydrogen-bond donors (Lipinski definition) is 2. The zero-order chi connectivity index (χ0) is 18.5. The number of carboxylic acids is 1. The number of rotatable bonds is 5. The van der Waals surface area contributed by atoms with E-state index in [1.165, 1.54) is 17.7 Å². The molecule has 3 heterocycles. The highest BCUT2D eigenvalue weighted by molar-refractivity contribution is 7.10. The van der Waals surface area contributed by atoms with E-state index in [0.717, 1.165) is 25.4 Å². The molecule has 26 heavy (non-hydrogen) atoms. The molecule has 3 rings (SSSR count). The SMILES string of the molecule is CC1CCN(C(CNC(=O)N2CCCC(C(=O)O)C2)c2cccs2)CC1. The smallest absolute Gasteiger partial charge is 0.317 e. The largest absolute Gasteiger partial charge is 0.481 e. The second-order valence-corrected chi connectivity index (χ2v) is 8.54. The van der Waals surface area contributed by atoms with E-state index in [0.29, 0.717) is 26.1 Å². The van der Waals surface area contributed by atoms with E-state index in [4.69, 9.17) is 0 Å². The molecule has 2 atom stereocenters. The number of likely N-dealkylation sites (tertiary alicyclic amines) is 2. The van der Waals surface area contributed by atoms with Crippen LogP contribution in [0.2, 0.25) is 0 Å². The zero-order valence-electron chi connectivity index (χ0n) is 15.4. The molecule has 2 aliphatic rings. The first-order valence-electron chi connectivity index (χ1n) is 9.57. The van der Waals surface area contributed by atoms with Gasteiger partial charge in [-0.25, -0.2) is 4.79 Å². The number of nitrogens with zero attached hydrogens (tertiary/aromatic N) is 2. The van der Waals surface area contributed by atoms with E-state index in [1.54, 1.807) is 16.2 Å². The van der Waals surface area contributed by atoms with Crippen molar-refractivity contribution in [2.45, 2.75) is 38.6 Å². The molecule has 7 heteroatoms. The van der Waals surface area contributed by atoms with Crippen molar-refractivity contribution in [1.82, 2.24) is 15.1 Å². The predicted molar refractivity (Wildman–Crippen MR) is 102 cm³/mol. The molecule has 0 radical (unpaired) electrons. The van der Waals surface area contributed by atoms with Gasteiger partial charge in [-0.1, -0.05) is 13.0 Å². The fourth-order valence-corrected chi connectivity index (χ4v) is 4.75. The molecule has 144 valence electrons. The van der Waals surface area contributed by atoms with E-state index in [1.807, 2.05) is 0 Å². The molecule has 0 saturated carbocycles. The summed E-state index contributed by atoms with van der Waals surface area (Å²) in [5, 5.41) is 14.4. The number of nitrogens with one attached hydrogen (secondary N) is 1. The van der Waals surface area contributed by atoms with Gasteiger partial charge in [-0.05, 0) is 56.1 Å². The first-order chi connectivity index (χ1) is 12.5. The molecule has 2 N–H and O–H groups in total. The Morgan fingerprint density at radius 3 is 2.73 bits per heavy atom. The highest BCUT2D eigenvalue weighted by Crippen LogP contribution is 2.29. The summed E-state index contributed by atoms with van der Waals surface area (Å²) in [7, 11) is 0. The lowest BCUT2D eigenvalue weighted by Crippen LogP contribution is -2.49. The van der Waals surface area contributed by atoms with E-state index in [2.05, 4.69) is 34.7 Å². The van der Waals surface area contributed by atoms with Gasteiger partial charge in [0, 0.05) is 24.5 Å². The summed E-state index contributed by atoms with van der Waals surface area (Å²) in [4.78, 5) is 29.2. The van der Waals surface area contributed by atoms with Crippen molar-refractivity contribution in [3.8, 4) is 0 Å². The molecule has 0 bridgehead atoms. The van der Waals surface area contributed by atoms with Crippen LogP contribution < -0.4 is 5.32 Å². The molecule has 2 amide bonds. The first-order valence-corrected chi connectivity index (χ1v) is 10.5. The quantitative estimate of drug-likeness (QED) is 0.825. The molecule has 0 spiro atoms. The van der Waals surface area contributed by atoms with Crippen LogP contribution in [0.3, 0.4) is 0 Å². The second kappa shape index (κ2) is 8.86. The van der Waals surface area contributed by atoms with Gasteiger partial charge < -0.3 is 15.3 Å². The summed E-state index contributed by atoms with van der Waals surface area (Å²) in [5.41, 5.74) is 0. The summed E-state index contributed by atoms with van der Waals surface area (Å²) in [6, 6.07) is 4.26. The average Bonchev–Trinajstić information content (AvgIpc) is 3.17. The summed E-state index contributed by atoms with van der Waals surface area (Å²) >= 11 is 1.73. The molecule has 6 nitrogen and oxygen atoms in total. The number of piperidine rings is 2. The molecule has 2 fully saturated rings. The summed E-state index contributed by atoms with van der Waals surface area (Å²) in [5.74, 6) is -0.473. The third kappa shape index (κ3) is 4.76. The minimum atomic E-state index is -0.804. The van der Waals surface area contributed by atoms with Crippen molar-refractivity contribution in [2.24, 2.45) is 11.8 Å². The first kappa shape index (κ1) is 19.2. The minimum absolute atomic E-state index is 0.136. The Morgan fingerprint density at radius 2 is 2.08 bits per heavy atom. The lowest BCUT2D eigenvalue weighted by molar-refractivity contribution is -0.143. The maximum atomic E-state index is 12.6. The molecule has 1 aromatic heterocycles. The third-order valence-electron chi connectivity index (χ3n) is 5.64. The van der Waals surface area contributed by atoms with Crippen LogP contribution in [-0.4, -0.2) is 59.6 Å². The van der Waals surface area contributed by atoms with Gasteiger partial charge in [0.05, 0.1) is 12.0 Å². The lowest BCUT2D eigenvalue weighted by Gasteiger charge is -2.37. The molecule has 1 aromatic rings. The number of carboxylic acid groups (broad SMARTS) is 1. The minimum Gasteiger partial charge on any atom is -0.481 e. The second-order valence-electron chi connectivity index (χ2n) is 7.56. The van der Waals surface area contributed by atoms with Gasteiger partial charge in [-0.2, -0.15) is 0 Å². The summed E-state index contributed by atoms with van der Waals surface area (Å²) < 4.78 is 0. The fourth-order valence-electron chi connectivity index (χ4n) is 3.89. The monoisotopic (exact) mass is 379 g/mol. The fraction of sp³-hybridized carbons (Fsp3) is 0.684. The highest BCUT2D eigenvalue weighted by atomic mass is 32.1. The molecule has 2 aliphatic heterocycles. The van der Waals surface area contributed by atoms with Crippen molar-refractivity contribution >= 4 is 23.3 Å². The van der Waals surface area contributed by atoms with E-state index < -0.39 is 11.9 Å². The number of hydrogen-bond acceptors (Lipinski definition) is 4. The number of carbonyl (C=O) groups is 2. The van der Waals surface area contributed by atoms with E-state index >= 15 is 0 Å². The van der Waals surface area contributed by atoms with Crippen molar-refractivity contribution in [3.05, 3.63) is 22.4 Å². The molecule has 0 aromatic carbocycles. The molecule has 0 aliphatic carbocycles. The Bertz CT molecular complexity index is 599. The number of urea groups is 1. The Hall–Kier alpha value is -1.60. The standard InChI is InChI=1S/C19H29N3O3S/c1-14-6-9-21(10-7-14)16(17-5-3-11-26-17)12-20-19(25)22-8-2-4-15(13-22)18(23)24/h3,5,11,14-16H,2,4,6-10,12-13H2,1H3,(H,20,25)(H,23,24). The normalized spacial score (nSPS) is 23.6. The average molecular weight is 380 g/mol. The van der Waals surface area contributed by atoms with Gasteiger partial charge in [0.25, 0.3) is 0 Å². The van der Waals surface area contributed by atoms with Crippen LogP contribution >= 0.6 is 11.3 Å². The van der Waals surface area contributed by atoms with Gasteiger partial charge in [-0.15, -0.1) is 11.3 Å². The van der Waals surface area contributed by atoms with Gasteiger partial charge in [-0.3, -0.25) is 9.69 Å². The van der Waals surface area contributed by atoms with Crippen LogP contribution in [0.25, 0.3) is 0 Å². The molecular weight excluding hydrogens is 350 g/mol. The topological polar surface area (TPSA) is 72.9 Å². The summed E-state index contributed by atoms with van der Waals surface area (Å²) in [6.45, 7) is 5.94. The van der Waals surface area contributed by atoms with Gasteiger partial charge in [0.15, 0.2) is 0 Å². The summed E-state index contributed by atoms with van der Waals surface area (Å²) in [6.07, 6.45) is 3.80. The number of carbonyl (C=O) groups excluding carboxylic acids is 1. The Morgan fingerprint density at radius 1 is 1.31 bits per heavy atom. The van der Waals surface area contributed by atoms with E-state index in [9.17, 15) is 14.7 Å². The number of amides is 2. The zero-order valence-corrected chi connectivity index (χ0v) is 16.2. The molecule has 2 unspecified atom stereocenters. The van der Waals surface area contributed by atoms with Crippen LogP contribution in [0.5, 0.6) is 0 Å². The van der Waals surface area contributed by atoms with E-state index in [-0.39, 0.29) is 12.1 Å². The predicted octanol–water partition coefficient (Wildman–Crippen LogP) is 3.03. The highest BCUT2D eigenvalue weighted by Gasteiger charge is 2.30. The molecular formula is C19H29N3O3S. The van der Waals surface area contributed by atoms with Crippen molar-refractivity contribution in [1.29, 1.82) is 0 Å². The van der Waals surface area contributed by atoms with Crippen LogP contribution in [0, 0.1) is 11.8 Å². The molecule has 2 saturated heterocycles. The number of aliphatic carboxylic acids is 1. The van der Waals surface area contributed by atoms with Gasteiger partial charge in [0.1, 0.15) is 0 Å². The maximum Gasteiger partial charge on any atom is 0.317 e. The van der Waals surface area contributed by atoms with Crippen LogP contribution in [0.15, 0.2) is 17.5 Å². The van der Waals surface area contributed by atoms with Crippen LogP contribution in [0.1, 0.15) is 43.5 Å². The Kier molecular flexibility index (Phi) is 6.53. The van der Waals surface area contributed by atoms with Crippen molar-refractivity contribution in [2.75, 3.05) is 32.7 Å². The maximum absolute atomic E-state index is 12.6. The van der Waals surface area contributed by atoms with Crippen LogP contribution in [-0.2, 0) is 4.79 Å². The van der Waals surface area contributed by atoms with Crippen molar-refractivity contribution in [3.63, 3.8) is 0 Å². The number of thiophene rings is 1. The van der Waals surface area contributed by atoms with Crippen molar-refractivity contribution < 1.29 is 14.7 Å². The van der Waals surface area contributed by atoms with Gasteiger partial charge >= 0.3 is 12.0 Å².